The molecule has 4 heteroatoms. The molecular weight excluding hydrogens is 206 g/mol. The maximum atomic E-state index is 11.9. The van der Waals surface area contributed by atoms with Gasteiger partial charge in [0, 0.05) is 7.05 Å². The number of ether oxygens (including phenoxy) is 1. The Bertz CT molecular complexity index is 417. The molecule has 1 unspecified atom stereocenters. The van der Waals surface area contributed by atoms with Gasteiger partial charge in [0.05, 0.1) is 12.3 Å². The Morgan fingerprint density at radius 1 is 1.50 bits per heavy atom. The number of nitrogens with zero attached hydrogens (tertiary/aromatic N) is 1. The van der Waals surface area contributed by atoms with Gasteiger partial charge in [-0.3, -0.25) is 4.79 Å². The normalized spacial score (nSPS) is 19.3. The number of rotatable bonds is 2. The van der Waals surface area contributed by atoms with E-state index < -0.39 is 6.10 Å². The summed E-state index contributed by atoms with van der Waals surface area (Å²) in [5.74, 6) is 0.663. The van der Waals surface area contributed by atoms with Gasteiger partial charge in [-0.1, -0.05) is 13.0 Å². The van der Waals surface area contributed by atoms with Crippen molar-refractivity contribution in [2.75, 3.05) is 11.9 Å². The molecule has 16 heavy (non-hydrogen) atoms. The number of benzene rings is 1. The molecule has 1 aliphatic rings. The van der Waals surface area contributed by atoms with Gasteiger partial charge in [0.15, 0.2) is 6.10 Å². The van der Waals surface area contributed by atoms with E-state index in [1.54, 1.807) is 30.1 Å². The maximum Gasteiger partial charge on any atom is 0.267 e. The number of fused-ring (bicyclic) bond motifs is 1. The van der Waals surface area contributed by atoms with E-state index >= 15 is 0 Å². The highest BCUT2D eigenvalue weighted by atomic mass is 16.5. The molecule has 0 bridgehead atoms. The lowest BCUT2D eigenvalue weighted by Gasteiger charge is -2.31. The summed E-state index contributed by atoms with van der Waals surface area (Å²) in [6.07, 6.45) is 0.266. The standard InChI is InChI=1S/C12H15NO3/c1-3-10-12(15)13(2)9-6-8(7-14)4-5-11(9)16-10/h4-6,10,14H,3,7H2,1-2H3. The molecule has 1 aliphatic heterocycles. The monoisotopic (exact) mass is 221 g/mol. The molecule has 1 amide bonds. The average Bonchev–Trinajstić information content (AvgIpc) is 2.33. The highest BCUT2D eigenvalue weighted by Crippen LogP contribution is 2.34. The van der Waals surface area contributed by atoms with Crippen LogP contribution in [0.15, 0.2) is 18.2 Å². The van der Waals surface area contributed by atoms with Gasteiger partial charge in [-0.05, 0) is 24.1 Å². The molecule has 0 saturated carbocycles. The molecule has 0 saturated heterocycles. The fraction of sp³-hybridized carbons (Fsp3) is 0.417. The first kappa shape index (κ1) is 11.0. The summed E-state index contributed by atoms with van der Waals surface area (Å²) in [5, 5.41) is 9.05. The first-order valence-corrected chi connectivity index (χ1v) is 5.35. The van der Waals surface area contributed by atoms with Crippen molar-refractivity contribution in [2.45, 2.75) is 26.1 Å². The van der Waals surface area contributed by atoms with Gasteiger partial charge in [0.2, 0.25) is 0 Å². The number of amides is 1. The predicted molar refractivity (Wildman–Crippen MR) is 60.5 cm³/mol. The second-order valence-corrected chi connectivity index (χ2v) is 3.87. The first-order valence-electron chi connectivity index (χ1n) is 5.35. The zero-order chi connectivity index (χ0) is 11.7. The van der Waals surface area contributed by atoms with Crippen LogP contribution in [0, 0.1) is 0 Å². The van der Waals surface area contributed by atoms with Crippen LogP contribution in [0.2, 0.25) is 0 Å². The molecule has 1 aromatic rings. The van der Waals surface area contributed by atoms with Gasteiger partial charge in [-0.2, -0.15) is 0 Å². The van der Waals surface area contributed by atoms with Crippen molar-refractivity contribution in [2.24, 2.45) is 0 Å². The van der Waals surface area contributed by atoms with Crippen molar-refractivity contribution in [3.63, 3.8) is 0 Å². The molecule has 0 aromatic heterocycles. The van der Waals surface area contributed by atoms with Gasteiger partial charge in [-0.15, -0.1) is 0 Å². The quantitative estimate of drug-likeness (QED) is 0.819. The molecule has 1 heterocycles. The van der Waals surface area contributed by atoms with Crippen LogP contribution in [0.5, 0.6) is 5.75 Å². The summed E-state index contributed by atoms with van der Waals surface area (Å²) < 4.78 is 5.59. The van der Waals surface area contributed by atoms with Crippen molar-refractivity contribution >= 4 is 11.6 Å². The number of aliphatic hydroxyl groups is 1. The van der Waals surface area contributed by atoms with Crippen molar-refractivity contribution < 1.29 is 14.6 Å². The average molecular weight is 221 g/mol. The van der Waals surface area contributed by atoms with Crippen LogP contribution in [0.4, 0.5) is 5.69 Å². The summed E-state index contributed by atoms with van der Waals surface area (Å²) in [6.45, 7) is 1.88. The number of aliphatic hydroxyl groups excluding tert-OH is 1. The Morgan fingerprint density at radius 2 is 2.25 bits per heavy atom. The van der Waals surface area contributed by atoms with Gasteiger partial charge in [-0.25, -0.2) is 0 Å². The van der Waals surface area contributed by atoms with Crippen LogP contribution in [0.25, 0.3) is 0 Å². The minimum absolute atomic E-state index is 0.0352. The Balaban J connectivity index is 2.42. The molecule has 1 N–H and O–H groups in total. The van der Waals surface area contributed by atoms with Crippen LogP contribution in [-0.2, 0) is 11.4 Å². The lowest BCUT2D eigenvalue weighted by molar-refractivity contribution is -0.126. The van der Waals surface area contributed by atoms with Gasteiger partial charge >= 0.3 is 0 Å². The van der Waals surface area contributed by atoms with Gasteiger partial charge in [0.25, 0.3) is 5.91 Å². The van der Waals surface area contributed by atoms with E-state index in [4.69, 9.17) is 9.84 Å². The Hall–Kier alpha value is -1.55. The number of carbonyl (C=O) groups is 1. The van der Waals surface area contributed by atoms with E-state index in [-0.39, 0.29) is 12.5 Å². The van der Waals surface area contributed by atoms with Crippen molar-refractivity contribution in [3.05, 3.63) is 23.8 Å². The smallest absolute Gasteiger partial charge is 0.267 e. The van der Waals surface area contributed by atoms with Crippen LogP contribution >= 0.6 is 0 Å². The molecule has 0 spiro atoms. The third kappa shape index (κ3) is 1.65. The second-order valence-electron chi connectivity index (χ2n) is 3.87. The Morgan fingerprint density at radius 3 is 2.88 bits per heavy atom. The highest BCUT2D eigenvalue weighted by molar-refractivity contribution is 5.99. The Kier molecular flexibility index (Phi) is 2.83. The first-order chi connectivity index (χ1) is 7.67. The predicted octanol–water partition coefficient (Wildman–Crippen LogP) is 1.31. The lowest BCUT2D eigenvalue weighted by Crippen LogP contribution is -2.43. The number of carbonyl (C=O) groups excluding carboxylic acids is 1. The fourth-order valence-electron chi connectivity index (χ4n) is 1.82. The highest BCUT2D eigenvalue weighted by Gasteiger charge is 2.30. The molecule has 0 radical (unpaired) electrons. The zero-order valence-corrected chi connectivity index (χ0v) is 9.43. The van der Waals surface area contributed by atoms with Crippen LogP contribution < -0.4 is 9.64 Å². The van der Waals surface area contributed by atoms with Crippen LogP contribution in [-0.4, -0.2) is 24.2 Å². The molecular formula is C12H15NO3. The van der Waals surface area contributed by atoms with Crippen LogP contribution in [0.3, 0.4) is 0 Å². The summed E-state index contributed by atoms with van der Waals surface area (Å²) in [6, 6.07) is 5.38. The van der Waals surface area contributed by atoms with Crippen molar-refractivity contribution in [1.82, 2.24) is 0 Å². The van der Waals surface area contributed by atoms with Crippen molar-refractivity contribution in [1.29, 1.82) is 0 Å². The number of anilines is 1. The molecule has 2 rings (SSSR count). The third-order valence-corrected chi connectivity index (χ3v) is 2.81. The molecule has 1 aromatic carbocycles. The van der Waals surface area contributed by atoms with E-state index in [0.717, 1.165) is 11.3 Å². The van der Waals surface area contributed by atoms with E-state index in [1.807, 2.05) is 6.92 Å². The molecule has 86 valence electrons. The molecule has 0 aliphatic carbocycles. The zero-order valence-electron chi connectivity index (χ0n) is 9.43. The van der Waals surface area contributed by atoms with E-state index in [2.05, 4.69) is 0 Å². The number of hydrogen-bond acceptors (Lipinski definition) is 3. The van der Waals surface area contributed by atoms with Gasteiger partial charge in [0.1, 0.15) is 5.75 Å². The molecule has 1 atom stereocenters. The van der Waals surface area contributed by atoms with Crippen molar-refractivity contribution in [3.8, 4) is 5.75 Å². The summed E-state index contributed by atoms with van der Waals surface area (Å²) in [5.41, 5.74) is 1.50. The maximum absolute atomic E-state index is 11.9. The lowest BCUT2D eigenvalue weighted by atomic mass is 10.1. The summed E-state index contributed by atoms with van der Waals surface area (Å²) >= 11 is 0. The summed E-state index contributed by atoms with van der Waals surface area (Å²) in [7, 11) is 1.73. The fourth-order valence-corrected chi connectivity index (χ4v) is 1.82. The minimum Gasteiger partial charge on any atom is -0.478 e. The Labute approximate surface area is 94.4 Å². The van der Waals surface area contributed by atoms with E-state index in [1.165, 1.54) is 0 Å². The largest absolute Gasteiger partial charge is 0.478 e. The summed E-state index contributed by atoms with van der Waals surface area (Å²) in [4.78, 5) is 13.4. The number of hydrogen-bond donors (Lipinski definition) is 1. The molecule has 0 fully saturated rings. The topological polar surface area (TPSA) is 49.8 Å². The SMILES string of the molecule is CCC1Oc2ccc(CO)cc2N(C)C1=O. The molecule has 4 nitrogen and oxygen atoms in total. The van der Waals surface area contributed by atoms with E-state index in [0.29, 0.717) is 12.2 Å². The van der Waals surface area contributed by atoms with Crippen LogP contribution in [0.1, 0.15) is 18.9 Å². The minimum atomic E-state index is -0.391. The van der Waals surface area contributed by atoms with E-state index in [9.17, 15) is 4.79 Å². The van der Waals surface area contributed by atoms with Gasteiger partial charge < -0.3 is 14.7 Å². The number of likely N-dealkylation sites (N-methyl/N-ethyl adjacent to an activating group) is 1. The third-order valence-electron chi connectivity index (χ3n) is 2.81. The second kappa shape index (κ2) is 4.14.